The predicted octanol–water partition coefficient (Wildman–Crippen LogP) is 3.73. The van der Waals surface area contributed by atoms with Gasteiger partial charge in [0.15, 0.2) is 5.13 Å². The van der Waals surface area contributed by atoms with Crippen LogP contribution in [0.1, 0.15) is 19.8 Å². The van der Waals surface area contributed by atoms with Crippen LogP contribution in [0.2, 0.25) is 0 Å². The summed E-state index contributed by atoms with van der Waals surface area (Å²) in [5.41, 5.74) is 1.92. The van der Waals surface area contributed by atoms with Crippen LogP contribution in [0, 0.1) is 5.92 Å². The number of anilines is 1. The molecule has 0 unspecified atom stereocenters. The number of likely N-dealkylation sites (tertiary alicyclic amines) is 1. The van der Waals surface area contributed by atoms with Crippen molar-refractivity contribution in [3.8, 4) is 11.3 Å². The van der Waals surface area contributed by atoms with Crippen molar-refractivity contribution >= 4 is 40.0 Å². The van der Waals surface area contributed by atoms with Crippen molar-refractivity contribution < 1.29 is 9.59 Å². The summed E-state index contributed by atoms with van der Waals surface area (Å²) >= 11 is 3.14. The first kappa shape index (κ1) is 17.9. The number of benzene rings is 1. The number of piperidine rings is 1. The first-order chi connectivity index (χ1) is 12.1. The minimum atomic E-state index is -0.0520. The van der Waals surface area contributed by atoms with Gasteiger partial charge in [0.2, 0.25) is 11.8 Å². The minimum absolute atomic E-state index is 0.00170. The number of nitrogens with zero attached hydrogens (tertiary/aromatic N) is 2. The predicted molar refractivity (Wildman–Crippen MR) is 103 cm³/mol. The molecule has 1 aliphatic heterocycles. The van der Waals surface area contributed by atoms with Crippen LogP contribution in [0.5, 0.6) is 0 Å². The molecule has 7 heteroatoms. The van der Waals surface area contributed by atoms with E-state index in [1.165, 1.54) is 16.2 Å². The normalized spacial score (nSPS) is 15.2. The highest BCUT2D eigenvalue weighted by Crippen LogP contribution is 2.27. The van der Waals surface area contributed by atoms with Gasteiger partial charge < -0.3 is 10.2 Å². The Hall–Kier alpha value is -1.86. The second kappa shape index (κ2) is 8.01. The standard InChI is InChI=1S/C18H21N3O2S2/c1-12(22)21-9-7-14(8-10-21)17(23)20-18-19-16(11-25-18)13-3-5-15(24-2)6-4-13/h3-6,11,14H,7-10H2,1-2H3,(H,19,20,23). The first-order valence-corrected chi connectivity index (χ1v) is 10.3. The second-order valence-electron chi connectivity index (χ2n) is 6.04. The summed E-state index contributed by atoms with van der Waals surface area (Å²) in [7, 11) is 0. The number of nitrogens with one attached hydrogen (secondary N) is 1. The molecule has 0 aliphatic carbocycles. The molecule has 1 aromatic heterocycles. The number of rotatable bonds is 4. The third-order valence-electron chi connectivity index (χ3n) is 4.43. The van der Waals surface area contributed by atoms with Crippen molar-refractivity contribution in [1.82, 2.24) is 9.88 Å². The van der Waals surface area contributed by atoms with Crippen molar-refractivity contribution in [3.05, 3.63) is 29.6 Å². The largest absolute Gasteiger partial charge is 0.343 e. The molecule has 1 aromatic carbocycles. The summed E-state index contributed by atoms with van der Waals surface area (Å²) in [6, 6.07) is 8.23. The molecule has 1 aliphatic rings. The van der Waals surface area contributed by atoms with Crippen molar-refractivity contribution in [1.29, 1.82) is 0 Å². The minimum Gasteiger partial charge on any atom is -0.343 e. The van der Waals surface area contributed by atoms with E-state index in [9.17, 15) is 9.59 Å². The van der Waals surface area contributed by atoms with Crippen LogP contribution in [0.25, 0.3) is 11.3 Å². The molecule has 0 saturated carbocycles. The van der Waals surface area contributed by atoms with Crippen molar-refractivity contribution in [2.24, 2.45) is 5.92 Å². The molecule has 0 atom stereocenters. The van der Waals surface area contributed by atoms with E-state index in [0.717, 1.165) is 11.3 Å². The molecule has 0 radical (unpaired) electrons. The number of hydrogen-bond acceptors (Lipinski definition) is 5. The Balaban J connectivity index is 1.59. The lowest BCUT2D eigenvalue weighted by Crippen LogP contribution is -2.40. The molecule has 132 valence electrons. The summed E-state index contributed by atoms with van der Waals surface area (Å²) in [6.07, 6.45) is 3.46. The molecule has 2 heterocycles. The molecule has 3 rings (SSSR count). The van der Waals surface area contributed by atoms with Gasteiger partial charge in [0, 0.05) is 41.8 Å². The summed E-state index contributed by atoms with van der Waals surface area (Å²) in [5, 5.41) is 5.52. The summed E-state index contributed by atoms with van der Waals surface area (Å²) in [5.74, 6) is 0.0292. The Kier molecular flexibility index (Phi) is 5.75. The summed E-state index contributed by atoms with van der Waals surface area (Å²) in [6.45, 7) is 2.87. The Morgan fingerprint density at radius 3 is 2.52 bits per heavy atom. The van der Waals surface area contributed by atoms with E-state index in [4.69, 9.17) is 0 Å². The van der Waals surface area contributed by atoms with E-state index in [1.807, 2.05) is 23.8 Å². The third-order valence-corrected chi connectivity index (χ3v) is 5.93. The van der Waals surface area contributed by atoms with Crippen LogP contribution in [-0.2, 0) is 9.59 Å². The highest BCUT2D eigenvalue weighted by atomic mass is 32.2. The van der Waals surface area contributed by atoms with E-state index >= 15 is 0 Å². The molecule has 5 nitrogen and oxygen atoms in total. The van der Waals surface area contributed by atoms with Crippen LogP contribution in [0.15, 0.2) is 34.5 Å². The smallest absolute Gasteiger partial charge is 0.229 e. The topological polar surface area (TPSA) is 62.3 Å². The number of carbonyl (C=O) groups excluding carboxylic acids is 2. The molecule has 1 saturated heterocycles. The van der Waals surface area contributed by atoms with Gasteiger partial charge in [-0.25, -0.2) is 4.98 Å². The van der Waals surface area contributed by atoms with E-state index in [2.05, 4.69) is 22.4 Å². The maximum absolute atomic E-state index is 12.4. The van der Waals surface area contributed by atoms with Gasteiger partial charge in [-0.3, -0.25) is 9.59 Å². The summed E-state index contributed by atoms with van der Waals surface area (Å²) < 4.78 is 0. The van der Waals surface area contributed by atoms with E-state index in [0.29, 0.717) is 31.1 Å². The SMILES string of the molecule is CSc1ccc(-c2csc(NC(=O)C3CCN(C(C)=O)CC3)n2)cc1. The van der Waals surface area contributed by atoms with E-state index in [1.54, 1.807) is 23.6 Å². The Morgan fingerprint density at radius 1 is 1.24 bits per heavy atom. The zero-order chi connectivity index (χ0) is 17.8. The number of carbonyl (C=O) groups is 2. The molecular formula is C18H21N3O2S2. The quantitative estimate of drug-likeness (QED) is 0.827. The zero-order valence-electron chi connectivity index (χ0n) is 14.3. The van der Waals surface area contributed by atoms with E-state index in [-0.39, 0.29) is 17.7 Å². The fraction of sp³-hybridized carbons (Fsp3) is 0.389. The Bertz CT molecular complexity index is 750. The van der Waals surface area contributed by atoms with Crippen molar-refractivity contribution in [3.63, 3.8) is 0 Å². The molecule has 1 fully saturated rings. The zero-order valence-corrected chi connectivity index (χ0v) is 16.0. The molecule has 25 heavy (non-hydrogen) atoms. The average Bonchev–Trinajstić information content (AvgIpc) is 3.10. The average molecular weight is 376 g/mol. The van der Waals surface area contributed by atoms with Gasteiger partial charge in [-0.05, 0) is 31.2 Å². The van der Waals surface area contributed by atoms with Gasteiger partial charge >= 0.3 is 0 Å². The number of amides is 2. The maximum Gasteiger partial charge on any atom is 0.229 e. The molecule has 0 bridgehead atoms. The van der Waals surface area contributed by atoms with Crippen molar-refractivity contribution in [2.45, 2.75) is 24.7 Å². The van der Waals surface area contributed by atoms with Crippen molar-refractivity contribution in [2.75, 3.05) is 24.7 Å². The lowest BCUT2D eigenvalue weighted by atomic mass is 9.96. The highest BCUT2D eigenvalue weighted by Gasteiger charge is 2.26. The lowest BCUT2D eigenvalue weighted by Gasteiger charge is -2.30. The molecule has 2 aromatic rings. The molecule has 1 N–H and O–H groups in total. The van der Waals surface area contributed by atoms with Crippen LogP contribution in [-0.4, -0.2) is 41.0 Å². The van der Waals surface area contributed by atoms with Gasteiger partial charge in [0.05, 0.1) is 5.69 Å². The van der Waals surface area contributed by atoms with Crippen LogP contribution >= 0.6 is 23.1 Å². The first-order valence-electron chi connectivity index (χ1n) is 8.23. The second-order valence-corrected chi connectivity index (χ2v) is 7.77. The van der Waals surface area contributed by atoms with Gasteiger partial charge in [0.25, 0.3) is 0 Å². The Morgan fingerprint density at radius 2 is 1.92 bits per heavy atom. The molecule has 0 spiro atoms. The number of thiazole rings is 1. The Labute approximate surface area is 155 Å². The van der Waals surface area contributed by atoms with E-state index < -0.39 is 0 Å². The monoisotopic (exact) mass is 375 g/mol. The lowest BCUT2D eigenvalue weighted by molar-refractivity contribution is -0.132. The summed E-state index contributed by atoms with van der Waals surface area (Å²) in [4.78, 5) is 31.3. The van der Waals surface area contributed by atoms with Gasteiger partial charge in [-0.15, -0.1) is 23.1 Å². The highest BCUT2D eigenvalue weighted by molar-refractivity contribution is 7.98. The fourth-order valence-corrected chi connectivity index (χ4v) is 4.02. The number of aromatic nitrogens is 1. The molecular weight excluding hydrogens is 354 g/mol. The maximum atomic E-state index is 12.4. The van der Waals surface area contributed by atoms with Gasteiger partial charge in [0.1, 0.15) is 0 Å². The van der Waals surface area contributed by atoms with Crippen LogP contribution in [0.3, 0.4) is 0 Å². The fourth-order valence-electron chi connectivity index (χ4n) is 2.89. The number of thioether (sulfide) groups is 1. The number of hydrogen-bond donors (Lipinski definition) is 1. The van der Waals surface area contributed by atoms with Gasteiger partial charge in [-0.2, -0.15) is 0 Å². The molecule has 2 amide bonds. The van der Waals surface area contributed by atoms with Crippen LogP contribution < -0.4 is 5.32 Å². The van der Waals surface area contributed by atoms with Crippen LogP contribution in [0.4, 0.5) is 5.13 Å². The van der Waals surface area contributed by atoms with Gasteiger partial charge in [-0.1, -0.05) is 12.1 Å². The third kappa shape index (κ3) is 4.41.